The quantitative estimate of drug-likeness (QED) is 0.674. The molecule has 0 aliphatic rings. The molecule has 0 aliphatic carbocycles. The third-order valence-electron chi connectivity index (χ3n) is 1.59. The molecule has 0 saturated carbocycles. The van der Waals surface area contributed by atoms with Gasteiger partial charge in [-0.2, -0.15) is 5.10 Å². The van der Waals surface area contributed by atoms with E-state index in [4.69, 9.17) is 4.74 Å². The fourth-order valence-electron chi connectivity index (χ4n) is 0.947. The molecule has 0 amide bonds. The predicted octanol–water partition coefficient (Wildman–Crippen LogP) is -0.436. The van der Waals surface area contributed by atoms with Crippen molar-refractivity contribution in [2.45, 2.75) is 0 Å². The molecule has 0 fully saturated rings. The van der Waals surface area contributed by atoms with E-state index in [1.807, 2.05) is 0 Å². The van der Waals surface area contributed by atoms with Gasteiger partial charge in [0.05, 0.1) is 7.11 Å². The Kier molecular flexibility index (Phi) is 1.98. The number of hydrogen-bond donors (Lipinski definition) is 2. The predicted molar refractivity (Wildman–Crippen MR) is 46.8 cm³/mol. The van der Waals surface area contributed by atoms with E-state index in [-0.39, 0.29) is 5.69 Å². The highest BCUT2D eigenvalue weighted by Crippen LogP contribution is 2.10. The first-order valence-corrected chi connectivity index (χ1v) is 3.82. The lowest BCUT2D eigenvalue weighted by molar-refractivity contribution is 0.392. The Balaban J connectivity index is 2.38. The lowest BCUT2D eigenvalue weighted by atomic mass is 10.4. The Morgan fingerprint density at radius 3 is 2.71 bits per heavy atom. The second-order valence-corrected chi connectivity index (χ2v) is 2.49. The number of rotatable bonds is 2. The highest BCUT2D eigenvalue weighted by molar-refractivity contribution is 5.46. The zero-order chi connectivity index (χ0) is 9.97. The number of nitrogens with zero attached hydrogens (tertiary/aromatic N) is 3. The first-order chi connectivity index (χ1) is 6.79. The molecule has 2 aromatic heterocycles. The smallest absolute Gasteiger partial charge is 0.340 e. The van der Waals surface area contributed by atoms with Crippen molar-refractivity contribution in [3.63, 3.8) is 0 Å². The van der Waals surface area contributed by atoms with Crippen LogP contribution >= 0.6 is 0 Å². The molecule has 0 aromatic carbocycles. The standard InChI is InChI=1S/C7H7N5O2/c1-14-5-3-2-4(9-10-5)6-8-7(13)12-11-6/h2-3H,1H3,(H2,8,11,12,13). The lowest BCUT2D eigenvalue weighted by Gasteiger charge is -1.96. The van der Waals surface area contributed by atoms with Gasteiger partial charge in [-0.3, -0.25) is 4.98 Å². The van der Waals surface area contributed by atoms with Crippen LogP contribution in [0.5, 0.6) is 5.88 Å². The van der Waals surface area contributed by atoms with E-state index in [0.29, 0.717) is 17.4 Å². The molecule has 0 atom stereocenters. The Morgan fingerprint density at radius 2 is 2.21 bits per heavy atom. The van der Waals surface area contributed by atoms with Crippen molar-refractivity contribution in [1.29, 1.82) is 0 Å². The summed E-state index contributed by atoms with van der Waals surface area (Å²) in [4.78, 5) is 13.2. The largest absolute Gasteiger partial charge is 0.480 e. The molecular weight excluding hydrogens is 186 g/mol. The number of methoxy groups -OCH3 is 1. The number of H-pyrrole nitrogens is 2. The van der Waals surface area contributed by atoms with Crippen LogP contribution < -0.4 is 10.4 Å². The second-order valence-electron chi connectivity index (χ2n) is 2.49. The van der Waals surface area contributed by atoms with Crippen LogP contribution in [0.3, 0.4) is 0 Å². The number of hydrogen-bond acceptors (Lipinski definition) is 5. The molecule has 0 aliphatic heterocycles. The molecular formula is C7H7N5O2. The summed E-state index contributed by atoms with van der Waals surface area (Å²) in [6.07, 6.45) is 0. The van der Waals surface area contributed by atoms with Gasteiger partial charge in [-0.15, -0.1) is 10.2 Å². The summed E-state index contributed by atoms with van der Waals surface area (Å²) >= 11 is 0. The molecule has 7 nitrogen and oxygen atoms in total. The van der Waals surface area contributed by atoms with Gasteiger partial charge in [0, 0.05) is 6.07 Å². The first-order valence-electron chi connectivity index (χ1n) is 3.82. The molecule has 0 radical (unpaired) electrons. The Morgan fingerprint density at radius 1 is 1.36 bits per heavy atom. The summed E-state index contributed by atoms with van der Waals surface area (Å²) in [5, 5.41) is 13.5. The molecule has 14 heavy (non-hydrogen) atoms. The highest BCUT2D eigenvalue weighted by atomic mass is 16.5. The molecule has 72 valence electrons. The molecule has 0 spiro atoms. The molecule has 0 unspecified atom stereocenters. The fourth-order valence-corrected chi connectivity index (χ4v) is 0.947. The van der Waals surface area contributed by atoms with Gasteiger partial charge in [0.2, 0.25) is 5.88 Å². The van der Waals surface area contributed by atoms with Gasteiger partial charge in [0.15, 0.2) is 5.82 Å². The maximum Gasteiger partial charge on any atom is 0.340 e. The van der Waals surface area contributed by atoms with E-state index in [1.54, 1.807) is 12.1 Å². The van der Waals surface area contributed by atoms with Gasteiger partial charge in [-0.05, 0) is 6.07 Å². The van der Waals surface area contributed by atoms with Crippen molar-refractivity contribution in [3.05, 3.63) is 22.6 Å². The van der Waals surface area contributed by atoms with E-state index in [2.05, 4.69) is 25.4 Å². The zero-order valence-corrected chi connectivity index (χ0v) is 7.31. The van der Waals surface area contributed by atoms with Crippen LogP contribution in [-0.2, 0) is 0 Å². The fraction of sp³-hybridized carbons (Fsp3) is 0.143. The van der Waals surface area contributed by atoms with Crippen molar-refractivity contribution in [3.8, 4) is 17.4 Å². The van der Waals surface area contributed by atoms with Gasteiger partial charge in [-0.25, -0.2) is 9.89 Å². The normalized spacial score (nSPS) is 10.1. The van der Waals surface area contributed by atoms with Crippen molar-refractivity contribution in [1.82, 2.24) is 25.4 Å². The van der Waals surface area contributed by atoms with Crippen LogP contribution in [-0.4, -0.2) is 32.5 Å². The lowest BCUT2D eigenvalue weighted by Crippen LogP contribution is -2.00. The second kappa shape index (κ2) is 3.29. The van der Waals surface area contributed by atoms with E-state index < -0.39 is 0 Å². The minimum Gasteiger partial charge on any atom is -0.480 e. The van der Waals surface area contributed by atoms with Crippen LogP contribution in [0, 0.1) is 0 Å². The third kappa shape index (κ3) is 1.47. The number of aromatic amines is 2. The topological polar surface area (TPSA) is 96.5 Å². The van der Waals surface area contributed by atoms with Gasteiger partial charge in [0.25, 0.3) is 0 Å². The average molecular weight is 193 g/mol. The van der Waals surface area contributed by atoms with E-state index in [0.717, 1.165) is 0 Å². The summed E-state index contributed by atoms with van der Waals surface area (Å²) in [5.74, 6) is 0.761. The summed E-state index contributed by atoms with van der Waals surface area (Å²) in [7, 11) is 1.50. The number of aromatic nitrogens is 5. The average Bonchev–Trinajstić information content (AvgIpc) is 2.65. The SMILES string of the molecule is COc1ccc(-c2n[nH]c(=O)[nH]2)nn1. The Labute approximate surface area is 78.2 Å². The first kappa shape index (κ1) is 8.42. The van der Waals surface area contributed by atoms with Crippen molar-refractivity contribution >= 4 is 0 Å². The summed E-state index contributed by atoms with van der Waals surface area (Å²) < 4.78 is 4.84. The monoisotopic (exact) mass is 193 g/mol. The summed E-state index contributed by atoms with van der Waals surface area (Å²) in [5.41, 5.74) is 0.0989. The van der Waals surface area contributed by atoms with Gasteiger partial charge < -0.3 is 4.74 Å². The highest BCUT2D eigenvalue weighted by Gasteiger charge is 2.04. The van der Waals surface area contributed by atoms with Crippen LogP contribution in [0.4, 0.5) is 0 Å². The molecule has 2 N–H and O–H groups in total. The Hall–Kier alpha value is -2.18. The van der Waals surface area contributed by atoms with Crippen molar-refractivity contribution in [2.24, 2.45) is 0 Å². The third-order valence-corrected chi connectivity index (χ3v) is 1.59. The molecule has 2 rings (SSSR count). The van der Waals surface area contributed by atoms with Gasteiger partial charge in [-0.1, -0.05) is 0 Å². The van der Waals surface area contributed by atoms with Gasteiger partial charge >= 0.3 is 5.69 Å². The molecule has 2 heterocycles. The number of ether oxygens (including phenoxy) is 1. The van der Waals surface area contributed by atoms with Crippen molar-refractivity contribution in [2.75, 3.05) is 7.11 Å². The van der Waals surface area contributed by atoms with Crippen LogP contribution in [0.25, 0.3) is 11.5 Å². The van der Waals surface area contributed by atoms with Crippen LogP contribution in [0.2, 0.25) is 0 Å². The zero-order valence-electron chi connectivity index (χ0n) is 7.31. The summed E-state index contributed by atoms with van der Waals surface area (Å²) in [6, 6.07) is 3.28. The van der Waals surface area contributed by atoms with E-state index in [9.17, 15) is 4.79 Å². The maximum absolute atomic E-state index is 10.7. The maximum atomic E-state index is 10.7. The minimum atomic E-state index is -0.377. The van der Waals surface area contributed by atoms with E-state index >= 15 is 0 Å². The molecule has 7 heteroatoms. The van der Waals surface area contributed by atoms with E-state index in [1.165, 1.54) is 7.11 Å². The van der Waals surface area contributed by atoms with Crippen LogP contribution in [0.1, 0.15) is 0 Å². The molecule has 0 bridgehead atoms. The van der Waals surface area contributed by atoms with Crippen LogP contribution in [0.15, 0.2) is 16.9 Å². The number of nitrogens with one attached hydrogen (secondary N) is 2. The van der Waals surface area contributed by atoms with Gasteiger partial charge in [0.1, 0.15) is 5.69 Å². The molecule has 0 saturated heterocycles. The summed E-state index contributed by atoms with van der Waals surface area (Å²) in [6.45, 7) is 0. The minimum absolute atomic E-state index is 0.352. The van der Waals surface area contributed by atoms with Crippen molar-refractivity contribution < 1.29 is 4.74 Å². The Bertz CT molecular complexity index is 471. The molecule has 2 aromatic rings.